The summed E-state index contributed by atoms with van der Waals surface area (Å²) in [4.78, 5) is 13.0. The molecule has 0 aliphatic heterocycles. The van der Waals surface area contributed by atoms with Gasteiger partial charge in [-0.3, -0.25) is 4.79 Å². The molecule has 0 bridgehead atoms. The third kappa shape index (κ3) is 4.62. The molecule has 0 spiro atoms. The van der Waals surface area contributed by atoms with Crippen LogP contribution in [0.2, 0.25) is 5.02 Å². The number of thiophene rings is 1. The minimum atomic E-state index is -0.113. The van der Waals surface area contributed by atoms with Crippen LogP contribution in [-0.2, 0) is 13.0 Å². The maximum atomic E-state index is 12.3. The Morgan fingerprint density at radius 2 is 1.88 bits per heavy atom. The van der Waals surface area contributed by atoms with Crippen molar-refractivity contribution in [3.63, 3.8) is 0 Å². The zero-order valence-electron chi connectivity index (χ0n) is 13.8. The van der Waals surface area contributed by atoms with Crippen LogP contribution >= 0.6 is 22.9 Å². The SMILES string of the molecule is CCc1ccc(NC(=O)c2cc(COc3ccccc3Cl)cs2)cc1. The lowest BCUT2D eigenvalue weighted by Gasteiger charge is -2.06. The Balaban J connectivity index is 1.60. The third-order valence-electron chi connectivity index (χ3n) is 3.73. The molecule has 5 heteroatoms. The molecule has 1 amide bonds. The van der Waals surface area contributed by atoms with Crippen LogP contribution in [0, 0.1) is 0 Å². The van der Waals surface area contributed by atoms with Crippen molar-refractivity contribution in [1.82, 2.24) is 0 Å². The van der Waals surface area contributed by atoms with Crippen molar-refractivity contribution in [3.05, 3.63) is 81.0 Å². The van der Waals surface area contributed by atoms with Gasteiger partial charge in [0.1, 0.15) is 12.4 Å². The highest BCUT2D eigenvalue weighted by atomic mass is 35.5. The number of rotatable bonds is 6. The van der Waals surface area contributed by atoms with Crippen LogP contribution in [0.1, 0.15) is 27.7 Å². The fourth-order valence-corrected chi connectivity index (χ4v) is 3.29. The smallest absolute Gasteiger partial charge is 0.265 e. The Bertz CT molecular complexity index is 858. The number of anilines is 1. The van der Waals surface area contributed by atoms with Crippen LogP contribution < -0.4 is 10.1 Å². The molecule has 0 atom stereocenters. The first kappa shape index (κ1) is 17.5. The Morgan fingerprint density at radius 1 is 1.12 bits per heavy atom. The summed E-state index contributed by atoms with van der Waals surface area (Å²) in [5, 5.41) is 5.41. The predicted octanol–water partition coefficient (Wildman–Crippen LogP) is 5.80. The molecule has 3 rings (SSSR count). The van der Waals surface area contributed by atoms with E-state index < -0.39 is 0 Å². The molecule has 0 radical (unpaired) electrons. The standard InChI is InChI=1S/C20H18ClNO2S/c1-2-14-7-9-16(10-8-14)22-20(23)19-11-15(13-25-19)12-24-18-6-4-3-5-17(18)21/h3-11,13H,2,12H2,1H3,(H,22,23). The number of halogens is 1. The zero-order chi connectivity index (χ0) is 17.6. The second kappa shape index (κ2) is 8.19. The van der Waals surface area contributed by atoms with Crippen LogP contribution in [0.5, 0.6) is 5.75 Å². The van der Waals surface area contributed by atoms with Gasteiger partial charge in [0, 0.05) is 11.3 Å². The molecule has 1 aromatic heterocycles. The highest BCUT2D eigenvalue weighted by Gasteiger charge is 2.10. The van der Waals surface area contributed by atoms with Crippen molar-refractivity contribution in [2.75, 3.05) is 5.32 Å². The van der Waals surface area contributed by atoms with E-state index in [2.05, 4.69) is 12.2 Å². The second-order valence-electron chi connectivity index (χ2n) is 5.54. The molecule has 1 heterocycles. The molecule has 0 fully saturated rings. The average molecular weight is 372 g/mol. The van der Waals surface area contributed by atoms with Gasteiger partial charge in [-0.25, -0.2) is 0 Å². The van der Waals surface area contributed by atoms with Crippen LogP contribution in [-0.4, -0.2) is 5.91 Å². The van der Waals surface area contributed by atoms with Gasteiger partial charge in [0.05, 0.1) is 9.90 Å². The number of hydrogen-bond donors (Lipinski definition) is 1. The zero-order valence-corrected chi connectivity index (χ0v) is 15.4. The molecule has 0 aliphatic carbocycles. The molecule has 0 aliphatic rings. The molecular formula is C20H18ClNO2S. The molecule has 1 N–H and O–H groups in total. The summed E-state index contributed by atoms with van der Waals surface area (Å²) in [6.45, 7) is 2.48. The number of carbonyl (C=O) groups excluding carboxylic acids is 1. The van der Waals surface area contributed by atoms with Crippen molar-refractivity contribution >= 4 is 34.5 Å². The van der Waals surface area contributed by atoms with E-state index in [0.717, 1.165) is 17.7 Å². The van der Waals surface area contributed by atoms with Crippen molar-refractivity contribution in [1.29, 1.82) is 0 Å². The summed E-state index contributed by atoms with van der Waals surface area (Å²) in [6, 6.07) is 17.1. The number of hydrogen-bond acceptors (Lipinski definition) is 3. The number of aryl methyl sites for hydroxylation is 1. The Hall–Kier alpha value is -2.30. The monoisotopic (exact) mass is 371 g/mol. The van der Waals surface area contributed by atoms with Gasteiger partial charge < -0.3 is 10.1 Å². The molecule has 128 valence electrons. The van der Waals surface area contributed by atoms with Gasteiger partial charge in [0.25, 0.3) is 5.91 Å². The minimum Gasteiger partial charge on any atom is -0.487 e. The van der Waals surface area contributed by atoms with E-state index in [1.54, 1.807) is 6.07 Å². The number of benzene rings is 2. The van der Waals surface area contributed by atoms with Gasteiger partial charge in [-0.2, -0.15) is 0 Å². The maximum absolute atomic E-state index is 12.3. The lowest BCUT2D eigenvalue weighted by molar-refractivity contribution is 0.103. The van der Waals surface area contributed by atoms with Gasteiger partial charge in [-0.15, -0.1) is 11.3 Å². The maximum Gasteiger partial charge on any atom is 0.265 e. The van der Waals surface area contributed by atoms with E-state index in [0.29, 0.717) is 22.3 Å². The molecule has 0 saturated heterocycles. The highest BCUT2D eigenvalue weighted by molar-refractivity contribution is 7.12. The first-order chi connectivity index (χ1) is 12.2. The van der Waals surface area contributed by atoms with E-state index >= 15 is 0 Å². The summed E-state index contributed by atoms with van der Waals surface area (Å²) in [5.41, 5.74) is 2.98. The molecule has 2 aromatic carbocycles. The Morgan fingerprint density at radius 3 is 2.60 bits per heavy atom. The van der Waals surface area contributed by atoms with E-state index in [4.69, 9.17) is 16.3 Å². The molecule has 0 unspecified atom stereocenters. The van der Waals surface area contributed by atoms with Crippen molar-refractivity contribution in [2.45, 2.75) is 20.0 Å². The van der Waals surface area contributed by atoms with Crippen LogP contribution in [0.3, 0.4) is 0 Å². The number of nitrogens with one attached hydrogen (secondary N) is 1. The molecule has 25 heavy (non-hydrogen) atoms. The number of carbonyl (C=O) groups is 1. The summed E-state index contributed by atoms with van der Waals surface area (Å²) in [7, 11) is 0. The van der Waals surface area contributed by atoms with Gasteiger partial charge >= 0.3 is 0 Å². The van der Waals surface area contributed by atoms with Gasteiger partial charge in [0.2, 0.25) is 0 Å². The molecular weight excluding hydrogens is 354 g/mol. The lowest BCUT2D eigenvalue weighted by Crippen LogP contribution is -2.10. The summed E-state index contributed by atoms with van der Waals surface area (Å²) < 4.78 is 5.70. The molecule has 0 saturated carbocycles. The minimum absolute atomic E-state index is 0.113. The van der Waals surface area contributed by atoms with Crippen molar-refractivity contribution in [2.24, 2.45) is 0 Å². The summed E-state index contributed by atoms with van der Waals surface area (Å²) in [5.74, 6) is 0.524. The van der Waals surface area contributed by atoms with Gasteiger partial charge in [-0.1, -0.05) is 42.8 Å². The van der Waals surface area contributed by atoms with E-state index in [1.807, 2.05) is 53.9 Å². The van der Waals surface area contributed by atoms with Crippen LogP contribution in [0.25, 0.3) is 0 Å². The summed E-state index contributed by atoms with van der Waals surface area (Å²) in [6.07, 6.45) is 0.980. The Labute approximate surface area is 156 Å². The topological polar surface area (TPSA) is 38.3 Å². The first-order valence-corrected chi connectivity index (χ1v) is 9.26. The van der Waals surface area contributed by atoms with Crippen molar-refractivity contribution < 1.29 is 9.53 Å². The molecule has 3 aromatic rings. The van der Waals surface area contributed by atoms with Crippen LogP contribution in [0.4, 0.5) is 5.69 Å². The third-order valence-corrected chi connectivity index (χ3v) is 5.02. The highest BCUT2D eigenvalue weighted by Crippen LogP contribution is 2.25. The second-order valence-corrected chi connectivity index (χ2v) is 6.86. The lowest BCUT2D eigenvalue weighted by atomic mass is 10.1. The fourth-order valence-electron chi connectivity index (χ4n) is 2.31. The predicted molar refractivity (Wildman–Crippen MR) is 104 cm³/mol. The van der Waals surface area contributed by atoms with Gasteiger partial charge in [-0.05, 0) is 47.7 Å². The fraction of sp³-hybridized carbons (Fsp3) is 0.150. The largest absolute Gasteiger partial charge is 0.487 e. The quantitative estimate of drug-likeness (QED) is 0.595. The Kier molecular flexibility index (Phi) is 5.74. The number of ether oxygens (including phenoxy) is 1. The summed E-state index contributed by atoms with van der Waals surface area (Å²) >= 11 is 7.47. The van der Waals surface area contributed by atoms with Crippen molar-refractivity contribution in [3.8, 4) is 5.75 Å². The number of amides is 1. The van der Waals surface area contributed by atoms with E-state index in [1.165, 1.54) is 16.9 Å². The average Bonchev–Trinajstić information content (AvgIpc) is 3.11. The van der Waals surface area contributed by atoms with Crippen LogP contribution in [0.15, 0.2) is 60.0 Å². The van der Waals surface area contributed by atoms with E-state index in [9.17, 15) is 4.79 Å². The number of para-hydroxylation sites is 1. The normalized spacial score (nSPS) is 10.5. The molecule has 3 nitrogen and oxygen atoms in total. The van der Waals surface area contributed by atoms with Gasteiger partial charge in [0.15, 0.2) is 0 Å². The first-order valence-electron chi connectivity index (χ1n) is 8.00. The van der Waals surface area contributed by atoms with E-state index in [-0.39, 0.29) is 5.91 Å².